The summed E-state index contributed by atoms with van der Waals surface area (Å²) in [6.07, 6.45) is 2.18. The fourth-order valence-corrected chi connectivity index (χ4v) is 3.68. The molecule has 2 rings (SSSR count). The Balaban J connectivity index is 2.20. The lowest BCUT2D eigenvalue weighted by molar-refractivity contribution is -0.139. The number of carbonyl (C=O) groups is 2. The molecule has 5 nitrogen and oxygen atoms in total. The second-order valence-electron chi connectivity index (χ2n) is 5.11. The lowest BCUT2D eigenvalue weighted by Gasteiger charge is -2.32. The van der Waals surface area contributed by atoms with Gasteiger partial charge in [0.1, 0.15) is 10.8 Å². The van der Waals surface area contributed by atoms with E-state index in [1.165, 1.54) is 11.8 Å². The highest BCUT2D eigenvalue weighted by molar-refractivity contribution is 8.03. The second kappa shape index (κ2) is 6.90. The number of ketones is 1. The Morgan fingerprint density at radius 1 is 1.52 bits per heavy atom. The van der Waals surface area contributed by atoms with Gasteiger partial charge in [-0.05, 0) is 19.8 Å². The largest absolute Gasteiger partial charge is 0.465 e. The summed E-state index contributed by atoms with van der Waals surface area (Å²) in [4.78, 5) is 28.0. The minimum atomic E-state index is -0.318. The van der Waals surface area contributed by atoms with Gasteiger partial charge in [0.05, 0.1) is 29.9 Å². The van der Waals surface area contributed by atoms with E-state index < -0.39 is 0 Å². The van der Waals surface area contributed by atoms with Crippen molar-refractivity contribution >= 4 is 29.2 Å². The molecule has 1 saturated carbocycles. The van der Waals surface area contributed by atoms with Crippen molar-refractivity contribution in [3.8, 4) is 6.07 Å². The summed E-state index contributed by atoms with van der Waals surface area (Å²) in [5.41, 5.74) is 1.37. The predicted molar refractivity (Wildman–Crippen MR) is 80.7 cm³/mol. The minimum Gasteiger partial charge on any atom is -0.465 e. The number of ether oxygens (including phenoxy) is 1. The summed E-state index contributed by atoms with van der Waals surface area (Å²) in [5, 5.41) is 9.93. The molecule has 1 aliphatic carbocycles. The van der Waals surface area contributed by atoms with Crippen molar-refractivity contribution in [2.45, 2.75) is 33.1 Å². The zero-order chi connectivity index (χ0) is 15.4. The number of nitriles is 1. The summed E-state index contributed by atoms with van der Waals surface area (Å²) in [6, 6.07) is 2.16. The first-order valence-corrected chi connectivity index (χ1v) is 8.09. The number of esters is 1. The number of hydrogen-bond donors (Lipinski definition) is 0. The Kier molecular flexibility index (Phi) is 5.18. The number of hydrogen-bond acceptors (Lipinski definition) is 6. The fraction of sp³-hybridized carbons (Fsp3) is 0.600. The maximum atomic E-state index is 12.1. The van der Waals surface area contributed by atoms with E-state index in [0.29, 0.717) is 23.6 Å². The molecule has 0 radical (unpaired) electrons. The maximum Gasteiger partial charge on any atom is 0.316 e. The van der Waals surface area contributed by atoms with Gasteiger partial charge in [0.2, 0.25) is 0 Å². The average molecular weight is 306 g/mol. The smallest absolute Gasteiger partial charge is 0.316 e. The van der Waals surface area contributed by atoms with Crippen LogP contribution in [0, 0.1) is 23.2 Å². The molecule has 1 fully saturated rings. The van der Waals surface area contributed by atoms with Gasteiger partial charge in [-0.25, -0.2) is 4.99 Å². The summed E-state index contributed by atoms with van der Waals surface area (Å²) >= 11 is 1.22. The molecule has 0 N–H and O–H groups in total. The van der Waals surface area contributed by atoms with E-state index in [1.54, 1.807) is 6.92 Å². The number of aliphatic imine (C=N–C) groups is 1. The Morgan fingerprint density at radius 3 is 2.95 bits per heavy atom. The van der Waals surface area contributed by atoms with Crippen LogP contribution in [-0.2, 0) is 14.3 Å². The lowest BCUT2D eigenvalue weighted by atomic mass is 9.74. The summed E-state index contributed by atoms with van der Waals surface area (Å²) in [7, 11) is 0. The van der Waals surface area contributed by atoms with Gasteiger partial charge in [0.25, 0.3) is 0 Å². The molecule has 0 bridgehead atoms. The van der Waals surface area contributed by atoms with Crippen molar-refractivity contribution in [1.29, 1.82) is 5.26 Å². The van der Waals surface area contributed by atoms with Crippen LogP contribution in [0.1, 0.15) is 33.1 Å². The first-order valence-electron chi connectivity index (χ1n) is 7.11. The van der Waals surface area contributed by atoms with Crippen molar-refractivity contribution in [2.75, 3.05) is 12.4 Å². The van der Waals surface area contributed by atoms with E-state index in [1.807, 2.05) is 6.92 Å². The highest BCUT2D eigenvalue weighted by Crippen LogP contribution is 2.39. The first-order chi connectivity index (χ1) is 10.1. The van der Waals surface area contributed by atoms with Gasteiger partial charge < -0.3 is 4.74 Å². The molecule has 0 aromatic heterocycles. The zero-order valence-corrected chi connectivity index (χ0v) is 13.0. The molecule has 0 spiro atoms. The number of nitrogens with zero attached hydrogens (tertiary/aromatic N) is 2. The summed E-state index contributed by atoms with van der Waals surface area (Å²) < 4.78 is 4.88. The minimum absolute atomic E-state index is 0.135. The number of Topliss-reactive ketones (excluding diaryl/α,β-unsaturated/α-hetero) is 1. The van der Waals surface area contributed by atoms with Gasteiger partial charge >= 0.3 is 5.97 Å². The van der Waals surface area contributed by atoms with Crippen LogP contribution in [0.15, 0.2) is 15.6 Å². The molecule has 0 saturated heterocycles. The van der Waals surface area contributed by atoms with Crippen molar-refractivity contribution in [3.05, 3.63) is 10.6 Å². The van der Waals surface area contributed by atoms with Gasteiger partial charge in [-0.1, -0.05) is 18.7 Å². The molecule has 6 heteroatoms. The Labute approximate surface area is 128 Å². The van der Waals surface area contributed by atoms with Crippen molar-refractivity contribution in [1.82, 2.24) is 0 Å². The third-order valence-corrected chi connectivity index (χ3v) is 4.71. The van der Waals surface area contributed by atoms with Gasteiger partial charge in [-0.15, -0.1) is 0 Å². The highest BCUT2D eigenvalue weighted by atomic mass is 32.2. The number of fused-ring (bicyclic) bond motifs is 1. The van der Waals surface area contributed by atoms with Gasteiger partial charge in [-0.3, -0.25) is 9.59 Å². The van der Waals surface area contributed by atoms with Crippen LogP contribution in [0.4, 0.5) is 0 Å². The van der Waals surface area contributed by atoms with Crippen molar-refractivity contribution in [2.24, 2.45) is 16.8 Å². The third-order valence-electron chi connectivity index (χ3n) is 3.75. The molecule has 0 aromatic rings. The Bertz CT molecular complexity index is 560. The normalized spacial score (nSPS) is 25.0. The van der Waals surface area contributed by atoms with E-state index in [2.05, 4.69) is 11.1 Å². The van der Waals surface area contributed by atoms with E-state index in [4.69, 9.17) is 4.74 Å². The van der Waals surface area contributed by atoms with Gasteiger partial charge in [0.15, 0.2) is 0 Å². The quantitative estimate of drug-likeness (QED) is 0.745. The Hall–Kier alpha value is -1.61. The van der Waals surface area contributed by atoms with E-state index in [9.17, 15) is 14.9 Å². The summed E-state index contributed by atoms with van der Waals surface area (Å²) in [6.45, 7) is 3.99. The van der Waals surface area contributed by atoms with Crippen LogP contribution < -0.4 is 0 Å². The maximum absolute atomic E-state index is 12.1. The number of thioether (sulfide) groups is 1. The third kappa shape index (κ3) is 3.35. The SMILES string of the molecule is CCOC(=O)CSC1=C(C#N)[C@H](C)C2C(=O)CCCC2=N1. The number of carbonyl (C=O) groups excluding carboxylic acids is 2. The van der Waals surface area contributed by atoms with Crippen LogP contribution in [0.5, 0.6) is 0 Å². The molecule has 1 heterocycles. The molecule has 112 valence electrons. The average Bonchev–Trinajstić information content (AvgIpc) is 2.45. The van der Waals surface area contributed by atoms with Gasteiger partial charge in [-0.2, -0.15) is 5.26 Å². The van der Waals surface area contributed by atoms with Crippen molar-refractivity contribution in [3.63, 3.8) is 0 Å². The molecular formula is C15H18N2O3S. The van der Waals surface area contributed by atoms with Gasteiger partial charge in [0, 0.05) is 18.1 Å². The standard InChI is InChI=1S/C15H18N2O3S/c1-3-20-13(19)8-21-15-10(7-16)9(2)14-11(17-15)5-4-6-12(14)18/h9,14H,3-6,8H2,1-2H3/t9-,14?/m0/s1. The van der Waals surface area contributed by atoms with Crippen LogP contribution >= 0.6 is 11.8 Å². The molecule has 1 unspecified atom stereocenters. The first kappa shape index (κ1) is 15.8. The van der Waals surface area contributed by atoms with E-state index in [-0.39, 0.29) is 29.3 Å². The summed E-state index contributed by atoms with van der Waals surface area (Å²) in [5.74, 6) is -0.409. The molecule has 2 atom stereocenters. The topological polar surface area (TPSA) is 79.5 Å². The van der Waals surface area contributed by atoms with Crippen molar-refractivity contribution < 1.29 is 14.3 Å². The molecule has 2 aliphatic rings. The van der Waals surface area contributed by atoms with E-state index in [0.717, 1.165) is 18.6 Å². The molecule has 1 aliphatic heterocycles. The molecule has 21 heavy (non-hydrogen) atoms. The van der Waals surface area contributed by atoms with Crippen LogP contribution in [0.2, 0.25) is 0 Å². The van der Waals surface area contributed by atoms with Crippen LogP contribution in [0.3, 0.4) is 0 Å². The Morgan fingerprint density at radius 2 is 2.29 bits per heavy atom. The second-order valence-corrected chi connectivity index (χ2v) is 6.08. The number of rotatable bonds is 4. The lowest BCUT2D eigenvalue weighted by Crippen LogP contribution is -2.37. The van der Waals surface area contributed by atoms with Crippen LogP contribution in [0.25, 0.3) is 0 Å². The zero-order valence-electron chi connectivity index (χ0n) is 12.2. The monoisotopic (exact) mass is 306 g/mol. The number of allylic oxidation sites excluding steroid dienone is 1. The highest BCUT2D eigenvalue weighted by Gasteiger charge is 2.38. The van der Waals surface area contributed by atoms with Crippen LogP contribution in [-0.4, -0.2) is 29.8 Å². The van der Waals surface area contributed by atoms with E-state index >= 15 is 0 Å². The fourth-order valence-electron chi connectivity index (χ4n) is 2.78. The molecular weight excluding hydrogens is 288 g/mol. The predicted octanol–water partition coefficient (Wildman–Crippen LogP) is 2.48. The molecule has 0 amide bonds. The molecule has 0 aromatic carbocycles.